The highest BCUT2D eigenvalue weighted by Gasteiger charge is 2.26. The molecule has 2 aliphatic rings. The summed E-state index contributed by atoms with van der Waals surface area (Å²) in [4.78, 5) is 21.2. The molecular weight excluding hydrogens is 318 g/mol. The Hall–Kier alpha value is -2.46. The monoisotopic (exact) mass is 339 g/mol. The van der Waals surface area contributed by atoms with Gasteiger partial charge < -0.3 is 4.74 Å². The molecule has 2 aliphatic carbocycles. The fourth-order valence-electron chi connectivity index (χ4n) is 3.16. The first-order valence-corrected chi connectivity index (χ1v) is 8.95. The van der Waals surface area contributed by atoms with E-state index >= 15 is 0 Å². The van der Waals surface area contributed by atoms with Crippen LogP contribution in [0.5, 0.6) is 0 Å². The highest BCUT2D eigenvalue weighted by Crippen LogP contribution is 2.36. The van der Waals surface area contributed by atoms with Crippen molar-refractivity contribution in [2.75, 3.05) is 11.9 Å². The van der Waals surface area contributed by atoms with Gasteiger partial charge in [0.15, 0.2) is 5.65 Å². The maximum Gasteiger partial charge on any atom is 0.229 e. The summed E-state index contributed by atoms with van der Waals surface area (Å²) in [6.45, 7) is 0.441. The van der Waals surface area contributed by atoms with E-state index in [0.29, 0.717) is 41.9 Å². The first-order chi connectivity index (χ1) is 12.2. The van der Waals surface area contributed by atoms with Crippen LogP contribution in [0.15, 0.2) is 12.1 Å². The van der Waals surface area contributed by atoms with Crippen LogP contribution in [0, 0.1) is 11.3 Å². The van der Waals surface area contributed by atoms with Crippen molar-refractivity contribution in [2.45, 2.75) is 57.1 Å². The lowest BCUT2D eigenvalue weighted by atomic mass is 9.93. The van der Waals surface area contributed by atoms with E-state index in [2.05, 4.69) is 21.4 Å². The number of imidazole rings is 1. The lowest BCUT2D eigenvalue weighted by Crippen LogP contribution is -2.25. The van der Waals surface area contributed by atoms with Gasteiger partial charge in [0.25, 0.3) is 0 Å². The van der Waals surface area contributed by atoms with E-state index < -0.39 is 0 Å². The normalized spacial score (nSPS) is 17.7. The molecule has 0 unspecified atom stereocenters. The molecule has 2 aromatic heterocycles. The molecule has 1 amide bonds. The maximum atomic E-state index is 12.3. The lowest BCUT2D eigenvalue weighted by Gasteiger charge is -2.28. The molecule has 7 heteroatoms. The van der Waals surface area contributed by atoms with E-state index in [1.807, 2.05) is 4.57 Å². The number of carbonyl (C=O) groups excluding carboxylic acids is 1. The van der Waals surface area contributed by atoms with Crippen LogP contribution in [0.3, 0.4) is 0 Å². The number of fused-ring (bicyclic) bond motifs is 1. The number of nitrogens with zero attached hydrogens (tertiary/aromatic N) is 4. The van der Waals surface area contributed by atoms with Crippen molar-refractivity contribution in [3.05, 3.63) is 17.8 Å². The SMILES string of the molecule is N#Cc1ccc2nc(NC(=O)CCOC3CCC3)n(C3CCC3)c2n1. The fourth-order valence-corrected chi connectivity index (χ4v) is 3.16. The van der Waals surface area contributed by atoms with Crippen molar-refractivity contribution in [2.24, 2.45) is 0 Å². The highest BCUT2D eigenvalue weighted by molar-refractivity contribution is 5.91. The zero-order chi connectivity index (χ0) is 17.2. The van der Waals surface area contributed by atoms with Crippen molar-refractivity contribution < 1.29 is 9.53 Å². The molecule has 2 aromatic rings. The highest BCUT2D eigenvalue weighted by atomic mass is 16.5. The summed E-state index contributed by atoms with van der Waals surface area (Å²) >= 11 is 0. The predicted molar refractivity (Wildman–Crippen MR) is 92.0 cm³/mol. The van der Waals surface area contributed by atoms with Gasteiger partial charge >= 0.3 is 0 Å². The largest absolute Gasteiger partial charge is 0.378 e. The molecule has 1 N–H and O–H groups in total. The number of rotatable bonds is 6. The molecule has 0 spiro atoms. The molecule has 2 heterocycles. The smallest absolute Gasteiger partial charge is 0.229 e. The fraction of sp³-hybridized carbons (Fsp3) is 0.556. The number of anilines is 1. The molecule has 0 aromatic carbocycles. The zero-order valence-electron chi connectivity index (χ0n) is 14.1. The van der Waals surface area contributed by atoms with Crippen LogP contribution in [0.2, 0.25) is 0 Å². The molecule has 2 fully saturated rings. The molecule has 25 heavy (non-hydrogen) atoms. The van der Waals surface area contributed by atoms with E-state index in [1.165, 1.54) is 6.42 Å². The maximum absolute atomic E-state index is 12.3. The molecule has 4 rings (SSSR count). The van der Waals surface area contributed by atoms with Gasteiger partial charge in [0.2, 0.25) is 11.9 Å². The van der Waals surface area contributed by atoms with Gasteiger partial charge in [-0.25, -0.2) is 9.97 Å². The molecule has 0 aliphatic heterocycles. The van der Waals surface area contributed by atoms with Crippen LogP contribution in [-0.2, 0) is 9.53 Å². The predicted octanol–water partition coefficient (Wildman–Crippen LogP) is 2.93. The molecule has 0 saturated heterocycles. The summed E-state index contributed by atoms with van der Waals surface area (Å²) in [5, 5.41) is 12.0. The van der Waals surface area contributed by atoms with E-state index in [0.717, 1.165) is 32.1 Å². The second-order valence-corrected chi connectivity index (χ2v) is 6.76. The summed E-state index contributed by atoms with van der Waals surface area (Å²) in [7, 11) is 0. The Labute approximate surface area is 146 Å². The average molecular weight is 339 g/mol. The number of pyridine rings is 1. The minimum Gasteiger partial charge on any atom is -0.378 e. The van der Waals surface area contributed by atoms with Gasteiger partial charge in [-0.2, -0.15) is 5.26 Å². The van der Waals surface area contributed by atoms with Crippen LogP contribution >= 0.6 is 0 Å². The summed E-state index contributed by atoms with van der Waals surface area (Å²) in [5.41, 5.74) is 1.73. The first kappa shape index (κ1) is 16.0. The van der Waals surface area contributed by atoms with Gasteiger partial charge in [0.1, 0.15) is 17.3 Å². The topological polar surface area (TPSA) is 92.8 Å². The Morgan fingerprint density at radius 3 is 2.72 bits per heavy atom. The Morgan fingerprint density at radius 1 is 1.28 bits per heavy atom. The summed E-state index contributed by atoms with van der Waals surface area (Å²) < 4.78 is 7.63. The third-order valence-electron chi connectivity index (χ3n) is 5.08. The molecule has 0 atom stereocenters. The Balaban J connectivity index is 1.51. The quantitative estimate of drug-likeness (QED) is 0.873. The third-order valence-corrected chi connectivity index (χ3v) is 5.08. The van der Waals surface area contributed by atoms with Crippen LogP contribution in [-0.4, -0.2) is 33.2 Å². The number of carbonyl (C=O) groups is 1. The number of amides is 1. The Morgan fingerprint density at radius 2 is 2.08 bits per heavy atom. The Kier molecular flexibility index (Phi) is 4.36. The second-order valence-electron chi connectivity index (χ2n) is 6.76. The van der Waals surface area contributed by atoms with E-state index in [9.17, 15) is 4.79 Å². The van der Waals surface area contributed by atoms with Crippen LogP contribution in [0.4, 0.5) is 5.95 Å². The van der Waals surface area contributed by atoms with E-state index in [1.54, 1.807) is 12.1 Å². The summed E-state index contributed by atoms with van der Waals surface area (Å²) in [6.07, 6.45) is 7.32. The molecule has 0 radical (unpaired) electrons. The molecular formula is C18H21N5O2. The van der Waals surface area contributed by atoms with E-state index in [4.69, 9.17) is 10.00 Å². The minimum absolute atomic E-state index is 0.101. The lowest BCUT2D eigenvalue weighted by molar-refractivity contribution is -0.118. The summed E-state index contributed by atoms with van der Waals surface area (Å²) in [5.74, 6) is 0.423. The zero-order valence-corrected chi connectivity index (χ0v) is 14.1. The van der Waals surface area contributed by atoms with Gasteiger partial charge in [-0.15, -0.1) is 0 Å². The van der Waals surface area contributed by atoms with Gasteiger partial charge in [0, 0.05) is 6.04 Å². The van der Waals surface area contributed by atoms with E-state index in [-0.39, 0.29) is 11.9 Å². The van der Waals surface area contributed by atoms with Crippen molar-refractivity contribution in [3.8, 4) is 6.07 Å². The van der Waals surface area contributed by atoms with Crippen molar-refractivity contribution in [1.82, 2.24) is 14.5 Å². The van der Waals surface area contributed by atoms with Crippen LogP contribution in [0.25, 0.3) is 11.2 Å². The second kappa shape index (κ2) is 6.81. The van der Waals surface area contributed by atoms with Crippen molar-refractivity contribution >= 4 is 23.0 Å². The van der Waals surface area contributed by atoms with Crippen LogP contribution < -0.4 is 5.32 Å². The number of hydrogen-bond acceptors (Lipinski definition) is 5. The van der Waals surface area contributed by atoms with Crippen LogP contribution in [0.1, 0.15) is 56.7 Å². The number of hydrogen-bond donors (Lipinski definition) is 1. The van der Waals surface area contributed by atoms with Crippen molar-refractivity contribution in [1.29, 1.82) is 5.26 Å². The average Bonchev–Trinajstić information content (AvgIpc) is 2.85. The standard InChI is InChI=1S/C18H21N5O2/c19-11-12-7-8-15-17(20-12)23(13-3-1-4-13)18(21-15)22-16(24)9-10-25-14-5-2-6-14/h7-8,13-14H,1-6,9-10H2,(H,21,22,24). The minimum atomic E-state index is -0.101. The number of nitriles is 1. The Bertz CT molecular complexity index is 830. The number of ether oxygens (including phenoxy) is 1. The molecule has 130 valence electrons. The van der Waals surface area contributed by atoms with Gasteiger partial charge in [-0.1, -0.05) is 0 Å². The molecule has 2 saturated carbocycles. The number of nitrogens with one attached hydrogen (secondary N) is 1. The number of aromatic nitrogens is 3. The van der Waals surface area contributed by atoms with Crippen molar-refractivity contribution in [3.63, 3.8) is 0 Å². The van der Waals surface area contributed by atoms with Gasteiger partial charge in [-0.3, -0.25) is 14.7 Å². The molecule has 0 bridgehead atoms. The first-order valence-electron chi connectivity index (χ1n) is 8.95. The molecule has 7 nitrogen and oxygen atoms in total. The summed E-state index contributed by atoms with van der Waals surface area (Å²) in [6, 6.07) is 5.78. The van der Waals surface area contributed by atoms with Gasteiger partial charge in [-0.05, 0) is 50.7 Å². The van der Waals surface area contributed by atoms with Gasteiger partial charge in [0.05, 0.1) is 19.1 Å². The third kappa shape index (κ3) is 3.22.